The Kier molecular flexibility index (Phi) is 8.62. The topological polar surface area (TPSA) is 58.1 Å². The standard InChI is InChI=1S/C23H38N4O2/c1-4-24-23(25-13-19-6-5-10-27(3)15-19)26-14-21-8-7-18(2)12-22(21)29-17-20-9-11-28-16-20/h7-8,12,19-20H,4-6,9-11,13-17H2,1-3H3,(H2,24,25,26). The minimum Gasteiger partial charge on any atom is -0.493 e. The summed E-state index contributed by atoms with van der Waals surface area (Å²) in [5, 5.41) is 6.92. The summed E-state index contributed by atoms with van der Waals surface area (Å²) in [4.78, 5) is 7.26. The molecule has 2 unspecified atom stereocenters. The molecule has 2 atom stereocenters. The number of aryl methyl sites for hydroxylation is 1. The van der Waals surface area contributed by atoms with Crippen molar-refractivity contribution >= 4 is 5.96 Å². The largest absolute Gasteiger partial charge is 0.493 e. The van der Waals surface area contributed by atoms with E-state index in [1.165, 1.54) is 24.9 Å². The number of guanidine groups is 1. The van der Waals surface area contributed by atoms with E-state index in [1.54, 1.807) is 0 Å². The van der Waals surface area contributed by atoms with Crippen LogP contribution < -0.4 is 15.4 Å². The van der Waals surface area contributed by atoms with Gasteiger partial charge in [-0.1, -0.05) is 12.1 Å². The van der Waals surface area contributed by atoms with Crippen molar-refractivity contribution in [2.45, 2.75) is 39.7 Å². The SMILES string of the molecule is CCNC(=NCc1ccc(C)cc1OCC1CCOC1)NCC1CCCN(C)C1. The Labute approximate surface area is 176 Å². The monoisotopic (exact) mass is 402 g/mol. The average molecular weight is 403 g/mol. The second-order valence-electron chi connectivity index (χ2n) is 8.50. The van der Waals surface area contributed by atoms with Gasteiger partial charge in [-0.25, -0.2) is 4.99 Å². The molecule has 2 fully saturated rings. The molecule has 0 radical (unpaired) electrons. The van der Waals surface area contributed by atoms with Gasteiger partial charge in [0.1, 0.15) is 5.75 Å². The first-order valence-electron chi connectivity index (χ1n) is 11.1. The van der Waals surface area contributed by atoms with E-state index in [-0.39, 0.29) is 0 Å². The number of benzene rings is 1. The Bertz CT molecular complexity index is 658. The van der Waals surface area contributed by atoms with E-state index < -0.39 is 0 Å². The van der Waals surface area contributed by atoms with Crippen LogP contribution in [0.3, 0.4) is 0 Å². The van der Waals surface area contributed by atoms with Crippen LogP contribution in [0.25, 0.3) is 0 Å². The zero-order valence-electron chi connectivity index (χ0n) is 18.4. The molecule has 0 amide bonds. The third-order valence-corrected chi connectivity index (χ3v) is 5.75. The molecule has 2 N–H and O–H groups in total. The maximum Gasteiger partial charge on any atom is 0.191 e. The predicted molar refractivity (Wildman–Crippen MR) is 119 cm³/mol. The van der Waals surface area contributed by atoms with Gasteiger partial charge in [0.2, 0.25) is 0 Å². The first-order chi connectivity index (χ1) is 14.1. The van der Waals surface area contributed by atoms with Crippen LogP contribution in [0.1, 0.15) is 37.3 Å². The van der Waals surface area contributed by atoms with E-state index in [1.807, 2.05) is 0 Å². The fourth-order valence-electron chi connectivity index (χ4n) is 4.04. The number of ether oxygens (including phenoxy) is 2. The van der Waals surface area contributed by atoms with Crippen molar-refractivity contribution in [2.24, 2.45) is 16.8 Å². The van der Waals surface area contributed by atoms with E-state index in [0.29, 0.717) is 25.0 Å². The van der Waals surface area contributed by atoms with E-state index in [0.717, 1.165) is 56.5 Å². The number of nitrogens with one attached hydrogen (secondary N) is 2. The smallest absolute Gasteiger partial charge is 0.191 e. The zero-order valence-corrected chi connectivity index (χ0v) is 18.4. The molecule has 2 aliphatic rings. The second kappa shape index (κ2) is 11.4. The number of rotatable bonds is 8. The lowest BCUT2D eigenvalue weighted by Crippen LogP contribution is -2.43. The number of aliphatic imine (C=N–C) groups is 1. The van der Waals surface area contributed by atoms with Crippen LogP contribution in [0, 0.1) is 18.8 Å². The third-order valence-electron chi connectivity index (χ3n) is 5.75. The highest BCUT2D eigenvalue weighted by Crippen LogP contribution is 2.23. The summed E-state index contributed by atoms with van der Waals surface area (Å²) < 4.78 is 11.6. The Morgan fingerprint density at radius 3 is 2.93 bits per heavy atom. The summed E-state index contributed by atoms with van der Waals surface area (Å²) in [6.45, 7) is 11.4. The predicted octanol–water partition coefficient (Wildman–Crippen LogP) is 2.81. The molecule has 0 spiro atoms. The van der Waals surface area contributed by atoms with Gasteiger partial charge in [-0.05, 0) is 64.3 Å². The fourth-order valence-corrected chi connectivity index (χ4v) is 4.04. The first-order valence-corrected chi connectivity index (χ1v) is 11.1. The van der Waals surface area contributed by atoms with Crippen molar-refractivity contribution in [1.82, 2.24) is 15.5 Å². The molecular weight excluding hydrogens is 364 g/mol. The van der Waals surface area contributed by atoms with Gasteiger partial charge in [0.15, 0.2) is 5.96 Å². The maximum atomic E-state index is 6.17. The van der Waals surface area contributed by atoms with Gasteiger partial charge in [-0.2, -0.15) is 0 Å². The lowest BCUT2D eigenvalue weighted by Gasteiger charge is -2.30. The van der Waals surface area contributed by atoms with Crippen molar-refractivity contribution < 1.29 is 9.47 Å². The van der Waals surface area contributed by atoms with Gasteiger partial charge >= 0.3 is 0 Å². The lowest BCUT2D eigenvalue weighted by molar-refractivity contribution is 0.166. The van der Waals surface area contributed by atoms with Crippen molar-refractivity contribution in [1.29, 1.82) is 0 Å². The molecule has 6 nitrogen and oxygen atoms in total. The second-order valence-corrected chi connectivity index (χ2v) is 8.50. The van der Waals surface area contributed by atoms with E-state index in [4.69, 9.17) is 14.5 Å². The summed E-state index contributed by atoms with van der Waals surface area (Å²) in [5.41, 5.74) is 2.34. The van der Waals surface area contributed by atoms with Gasteiger partial charge in [0, 0.05) is 37.7 Å². The third kappa shape index (κ3) is 7.19. The number of likely N-dealkylation sites (tertiary alicyclic amines) is 1. The van der Waals surface area contributed by atoms with E-state index >= 15 is 0 Å². The van der Waals surface area contributed by atoms with E-state index in [2.05, 4.69) is 54.6 Å². The molecule has 0 saturated carbocycles. The summed E-state index contributed by atoms with van der Waals surface area (Å²) in [6, 6.07) is 6.40. The minimum absolute atomic E-state index is 0.500. The van der Waals surface area contributed by atoms with Crippen LogP contribution in [0.4, 0.5) is 0 Å². The normalized spacial score (nSPS) is 23.2. The summed E-state index contributed by atoms with van der Waals surface area (Å²) in [7, 11) is 2.21. The van der Waals surface area contributed by atoms with Gasteiger partial charge in [-0.3, -0.25) is 0 Å². The molecule has 2 saturated heterocycles. The summed E-state index contributed by atoms with van der Waals surface area (Å²) in [6.07, 6.45) is 3.66. The first kappa shape index (κ1) is 21.9. The highest BCUT2D eigenvalue weighted by molar-refractivity contribution is 5.79. The van der Waals surface area contributed by atoms with Crippen LogP contribution in [0.2, 0.25) is 0 Å². The number of nitrogens with zero attached hydrogens (tertiary/aromatic N) is 2. The molecule has 162 valence electrons. The summed E-state index contributed by atoms with van der Waals surface area (Å²) in [5.74, 6) is 3.02. The number of hydrogen-bond acceptors (Lipinski definition) is 4. The molecule has 29 heavy (non-hydrogen) atoms. The quantitative estimate of drug-likeness (QED) is 0.517. The maximum absolute atomic E-state index is 6.17. The van der Waals surface area contributed by atoms with Gasteiger partial charge in [0.05, 0.1) is 19.8 Å². The molecule has 0 aromatic heterocycles. The molecule has 0 bridgehead atoms. The Hall–Kier alpha value is -1.79. The number of hydrogen-bond donors (Lipinski definition) is 2. The summed E-state index contributed by atoms with van der Waals surface area (Å²) >= 11 is 0. The van der Waals surface area contributed by atoms with Crippen molar-refractivity contribution in [2.75, 3.05) is 53.0 Å². The molecule has 1 aromatic rings. The molecule has 6 heteroatoms. The zero-order chi connectivity index (χ0) is 20.5. The molecule has 1 aromatic carbocycles. The van der Waals surface area contributed by atoms with Crippen LogP contribution >= 0.6 is 0 Å². The van der Waals surface area contributed by atoms with Crippen LogP contribution in [0.15, 0.2) is 23.2 Å². The van der Waals surface area contributed by atoms with Crippen LogP contribution in [-0.2, 0) is 11.3 Å². The molecule has 0 aliphatic carbocycles. The Balaban J connectivity index is 1.58. The van der Waals surface area contributed by atoms with E-state index in [9.17, 15) is 0 Å². The van der Waals surface area contributed by atoms with Crippen LogP contribution in [-0.4, -0.2) is 63.9 Å². The Morgan fingerprint density at radius 2 is 2.17 bits per heavy atom. The Morgan fingerprint density at radius 1 is 1.28 bits per heavy atom. The number of piperidine rings is 1. The van der Waals surface area contributed by atoms with Crippen LogP contribution in [0.5, 0.6) is 5.75 Å². The van der Waals surface area contributed by atoms with Crippen molar-refractivity contribution in [3.05, 3.63) is 29.3 Å². The minimum atomic E-state index is 0.500. The van der Waals surface area contributed by atoms with Gasteiger partial charge < -0.3 is 25.0 Å². The fraction of sp³-hybridized carbons (Fsp3) is 0.696. The highest BCUT2D eigenvalue weighted by atomic mass is 16.5. The molecule has 3 rings (SSSR count). The average Bonchev–Trinajstić information content (AvgIpc) is 3.23. The molecule has 2 heterocycles. The molecular formula is C23H38N4O2. The molecule has 2 aliphatic heterocycles. The highest BCUT2D eigenvalue weighted by Gasteiger charge is 2.18. The van der Waals surface area contributed by atoms with Gasteiger partial charge in [0.25, 0.3) is 0 Å². The van der Waals surface area contributed by atoms with Gasteiger partial charge in [-0.15, -0.1) is 0 Å². The van der Waals surface area contributed by atoms with Crippen molar-refractivity contribution in [3.63, 3.8) is 0 Å². The lowest BCUT2D eigenvalue weighted by atomic mass is 9.99. The van der Waals surface area contributed by atoms with Crippen molar-refractivity contribution in [3.8, 4) is 5.75 Å².